The van der Waals surface area contributed by atoms with Gasteiger partial charge in [-0.1, -0.05) is 0 Å². The molecule has 0 aliphatic carbocycles. The average molecular weight is 181 g/mol. The molecule has 0 aromatic carbocycles. The predicted molar refractivity (Wildman–Crippen MR) is 47.6 cm³/mol. The number of aromatic nitrogens is 3. The maximum Gasteiger partial charge on any atom is 0.273 e. The van der Waals surface area contributed by atoms with E-state index in [1.54, 1.807) is 12.3 Å². The Labute approximate surface area is 72.6 Å². The molecule has 0 amide bonds. The van der Waals surface area contributed by atoms with Crippen LogP contribution >= 0.6 is 11.8 Å². The molecule has 5 heteroatoms. The molecular weight excluding hydrogens is 174 g/mol. The first-order chi connectivity index (χ1) is 5.81. The SMILES string of the molecule is CSc1cc(=O)n2[nH]ccc2n1. The molecule has 0 radical (unpaired) electrons. The van der Waals surface area contributed by atoms with Crippen LogP contribution < -0.4 is 5.56 Å². The van der Waals surface area contributed by atoms with Crippen molar-refractivity contribution in [1.82, 2.24) is 14.6 Å². The molecule has 0 saturated heterocycles. The first-order valence-corrected chi connectivity index (χ1v) is 4.65. The molecule has 0 saturated carbocycles. The van der Waals surface area contributed by atoms with Gasteiger partial charge < -0.3 is 0 Å². The summed E-state index contributed by atoms with van der Waals surface area (Å²) in [5.74, 6) is 0. The zero-order chi connectivity index (χ0) is 8.55. The minimum absolute atomic E-state index is 0.0747. The minimum Gasteiger partial charge on any atom is -0.297 e. The van der Waals surface area contributed by atoms with Crippen molar-refractivity contribution >= 4 is 17.4 Å². The lowest BCUT2D eigenvalue weighted by Crippen LogP contribution is -2.13. The van der Waals surface area contributed by atoms with E-state index in [2.05, 4.69) is 10.1 Å². The van der Waals surface area contributed by atoms with Crippen LogP contribution in [0.3, 0.4) is 0 Å². The van der Waals surface area contributed by atoms with E-state index in [0.717, 1.165) is 5.03 Å². The van der Waals surface area contributed by atoms with Crippen LogP contribution in [-0.4, -0.2) is 20.9 Å². The third-order valence-electron chi connectivity index (χ3n) is 1.57. The van der Waals surface area contributed by atoms with Gasteiger partial charge in [0.25, 0.3) is 5.56 Å². The van der Waals surface area contributed by atoms with E-state index in [4.69, 9.17) is 0 Å². The van der Waals surface area contributed by atoms with Crippen molar-refractivity contribution in [1.29, 1.82) is 0 Å². The van der Waals surface area contributed by atoms with Crippen LogP contribution in [0.5, 0.6) is 0 Å². The van der Waals surface area contributed by atoms with Crippen LogP contribution in [0.1, 0.15) is 0 Å². The summed E-state index contributed by atoms with van der Waals surface area (Å²) in [5, 5.41) is 3.52. The molecule has 0 fully saturated rings. The number of fused-ring (bicyclic) bond motifs is 1. The maximum atomic E-state index is 11.3. The van der Waals surface area contributed by atoms with Crippen LogP contribution in [0.4, 0.5) is 0 Å². The normalized spacial score (nSPS) is 10.8. The molecule has 0 aliphatic heterocycles. The van der Waals surface area contributed by atoms with Gasteiger partial charge in [0.15, 0.2) is 5.65 Å². The van der Waals surface area contributed by atoms with Crippen LogP contribution in [0.15, 0.2) is 28.2 Å². The van der Waals surface area contributed by atoms with Gasteiger partial charge in [-0.05, 0) is 6.26 Å². The van der Waals surface area contributed by atoms with Gasteiger partial charge in [-0.3, -0.25) is 9.89 Å². The molecule has 2 aromatic rings. The summed E-state index contributed by atoms with van der Waals surface area (Å²) in [7, 11) is 0. The topological polar surface area (TPSA) is 50.2 Å². The van der Waals surface area contributed by atoms with E-state index in [0.29, 0.717) is 5.65 Å². The van der Waals surface area contributed by atoms with Gasteiger partial charge in [-0.2, -0.15) is 0 Å². The molecule has 12 heavy (non-hydrogen) atoms. The van der Waals surface area contributed by atoms with Gasteiger partial charge in [0.1, 0.15) is 5.03 Å². The highest BCUT2D eigenvalue weighted by molar-refractivity contribution is 7.98. The minimum atomic E-state index is -0.0747. The largest absolute Gasteiger partial charge is 0.297 e. The van der Waals surface area contributed by atoms with Crippen molar-refractivity contribution < 1.29 is 0 Å². The number of nitrogens with zero attached hydrogens (tertiary/aromatic N) is 2. The fourth-order valence-electron chi connectivity index (χ4n) is 1.01. The lowest BCUT2D eigenvalue weighted by molar-refractivity contribution is 0.876. The van der Waals surface area contributed by atoms with Gasteiger partial charge in [-0.25, -0.2) is 9.50 Å². The monoisotopic (exact) mass is 181 g/mol. The fraction of sp³-hybridized carbons (Fsp3) is 0.143. The van der Waals surface area contributed by atoms with E-state index in [1.807, 2.05) is 6.26 Å². The molecule has 2 rings (SSSR count). The van der Waals surface area contributed by atoms with Crippen molar-refractivity contribution in [3.8, 4) is 0 Å². The molecule has 0 unspecified atom stereocenters. The van der Waals surface area contributed by atoms with Crippen molar-refractivity contribution in [2.45, 2.75) is 5.03 Å². The second kappa shape index (κ2) is 2.67. The van der Waals surface area contributed by atoms with Crippen molar-refractivity contribution in [3.05, 3.63) is 28.7 Å². The van der Waals surface area contributed by atoms with E-state index >= 15 is 0 Å². The highest BCUT2D eigenvalue weighted by atomic mass is 32.2. The Bertz CT molecular complexity index is 459. The van der Waals surface area contributed by atoms with Crippen LogP contribution in [0.25, 0.3) is 5.65 Å². The van der Waals surface area contributed by atoms with E-state index in [9.17, 15) is 4.79 Å². The third kappa shape index (κ3) is 1.02. The summed E-state index contributed by atoms with van der Waals surface area (Å²) < 4.78 is 1.40. The molecule has 0 aliphatic rings. The van der Waals surface area contributed by atoms with Gasteiger partial charge in [0.2, 0.25) is 0 Å². The zero-order valence-electron chi connectivity index (χ0n) is 6.44. The standard InChI is InChI=1S/C7H7N3OS/c1-12-6-4-7(11)10-5(9-6)2-3-8-10/h2-4,8H,1H3. The molecule has 2 heterocycles. The predicted octanol–water partition coefficient (Wildman–Crippen LogP) is 0.744. The van der Waals surface area contributed by atoms with Crippen molar-refractivity contribution in [3.63, 3.8) is 0 Å². The first kappa shape index (κ1) is 7.42. The Morgan fingerprint density at radius 2 is 2.50 bits per heavy atom. The number of H-pyrrole nitrogens is 1. The summed E-state index contributed by atoms with van der Waals surface area (Å²) in [6.07, 6.45) is 3.58. The molecule has 0 atom stereocenters. The highest BCUT2D eigenvalue weighted by Gasteiger charge is 2.00. The molecular formula is C7H7N3OS. The van der Waals surface area contributed by atoms with Crippen LogP contribution in [0.2, 0.25) is 0 Å². The number of thioether (sulfide) groups is 1. The van der Waals surface area contributed by atoms with E-state index in [1.165, 1.54) is 22.3 Å². The highest BCUT2D eigenvalue weighted by Crippen LogP contribution is 2.08. The van der Waals surface area contributed by atoms with Crippen molar-refractivity contribution in [2.75, 3.05) is 6.26 Å². The zero-order valence-corrected chi connectivity index (χ0v) is 7.26. The van der Waals surface area contributed by atoms with Crippen LogP contribution in [0, 0.1) is 0 Å². The maximum absolute atomic E-state index is 11.3. The summed E-state index contributed by atoms with van der Waals surface area (Å²) in [6, 6.07) is 3.27. The number of rotatable bonds is 1. The summed E-state index contributed by atoms with van der Waals surface area (Å²) >= 11 is 1.46. The number of hydrogen-bond acceptors (Lipinski definition) is 3. The third-order valence-corrected chi connectivity index (χ3v) is 2.19. The molecule has 1 N–H and O–H groups in total. The number of nitrogens with one attached hydrogen (secondary N) is 1. The summed E-state index contributed by atoms with van der Waals surface area (Å²) in [4.78, 5) is 15.5. The first-order valence-electron chi connectivity index (χ1n) is 3.42. The Balaban J connectivity index is 2.84. The lowest BCUT2D eigenvalue weighted by Gasteiger charge is -1.94. The Kier molecular flexibility index (Phi) is 1.65. The second-order valence-corrected chi connectivity index (χ2v) is 3.12. The summed E-state index contributed by atoms with van der Waals surface area (Å²) in [5.41, 5.74) is 0.584. The smallest absolute Gasteiger partial charge is 0.273 e. The van der Waals surface area contributed by atoms with Gasteiger partial charge in [0.05, 0.1) is 0 Å². The van der Waals surface area contributed by atoms with Crippen molar-refractivity contribution in [2.24, 2.45) is 0 Å². The molecule has 62 valence electrons. The number of aromatic amines is 1. The van der Waals surface area contributed by atoms with E-state index in [-0.39, 0.29) is 5.56 Å². The second-order valence-electron chi connectivity index (χ2n) is 2.29. The van der Waals surface area contributed by atoms with Crippen LogP contribution in [-0.2, 0) is 0 Å². The summed E-state index contributed by atoms with van der Waals surface area (Å²) in [6.45, 7) is 0. The van der Waals surface area contributed by atoms with E-state index < -0.39 is 0 Å². The average Bonchev–Trinajstić information content (AvgIpc) is 2.52. The van der Waals surface area contributed by atoms with Gasteiger partial charge in [-0.15, -0.1) is 11.8 Å². The molecule has 4 nitrogen and oxygen atoms in total. The van der Waals surface area contributed by atoms with Gasteiger partial charge in [0, 0.05) is 18.3 Å². The lowest BCUT2D eigenvalue weighted by atomic mass is 10.6. The quantitative estimate of drug-likeness (QED) is 0.521. The molecule has 0 bridgehead atoms. The molecule has 0 spiro atoms. The Morgan fingerprint density at radius 3 is 3.25 bits per heavy atom. The Morgan fingerprint density at radius 1 is 1.67 bits per heavy atom. The van der Waals surface area contributed by atoms with Gasteiger partial charge >= 0.3 is 0 Å². The number of hydrogen-bond donors (Lipinski definition) is 1. The Hall–Kier alpha value is -1.23. The fourth-order valence-corrected chi connectivity index (χ4v) is 1.41. The molecule has 2 aromatic heterocycles.